The second-order valence-electron chi connectivity index (χ2n) is 3.31. The molecule has 2 heterocycles. The Labute approximate surface area is 105 Å². The van der Waals surface area contributed by atoms with Gasteiger partial charge < -0.3 is 19.6 Å². The highest BCUT2D eigenvalue weighted by Crippen LogP contribution is 2.26. The molecule has 0 bridgehead atoms. The number of carbonyl (C=O) groups is 2. The van der Waals surface area contributed by atoms with Crippen molar-refractivity contribution < 1.29 is 19.1 Å². The monoisotopic (exact) mass is 266 g/mol. The Kier molecular flexibility index (Phi) is 3.68. The molecule has 1 amide bonds. The van der Waals surface area contributed by atoms with Crippen LogP contribution in [0.5, 0.6) is 0 Å². The largest absolute Gasteiger partial charge is 0.550 e. The molecule has 2 aromatic rings. The fourth-order valence-corrected chi connectivity index (χ4v) is 1.90. The molecule has 0 atom stereocenters. The lowest BCUT2D eigenvalue weighted by molar-refractivity contribution is -0.305. The Balaban J connectivity index is 1.95. The topological polar surface area (TPSA) is 108 Å². The molecule has 0 aromatic carbocycles. The van der Waals surface area contributed by atoms with Gasteiger partial charge >= 0.3 is 0 Å². The van der Waals surface area contributed by atoms with E-state index >= 15 is 0 Å². The highest BCUT2D eigenvalue weighted by atomic mass is 32.1. The average Bonchev–Trinajstić information content (AvgIpc) is 2.95. The SMILES string of the molecule is O=C([O-])CCC(=O)Nc1nnc(-c2ccco2)s1. The molecule has 0 saturated heterocycles. The van der Waals surface area contributed by atoms with E-state index < -0.39 is 11.9 Å². The molecule has 2 aromatic heterocycles. The zero-order chi connectivity index (χ0) is 13.0. The third kappa shape index (κ3) is 3.14. The Bertz CT molecular complexity index is 549. The first-order valence-corrected chi connectivity index (χ1v) is 5.84. The van der Waals surface area contributed by atoms with Crippen molar-refractivity contribution in [3.63, 3.8) is 0 Å². The number of aliphatic carboxylic acids is 1. The molecule has 2 rings (SSSR count). The van der Waals surface area contributed by atoms with Gasteiger partial charge in [-0.1, -0.05) is 11.3 Å². The minimum absolute atomic E-state index is 0.155. The summed E-state index contributed by atoms with van der Waals surface area (Å²) >= 11 is 1.14. The lowest BCUT2D eigenvalue weighted by Crippen LogP contribution is -2.24. The zero-order valence-electron chi connectivity index (χ0n) is 9.08. The molecule has 1 N–H and O–H groups in total. The van der Waals surface area contributed by atoms with E-state index in [1.807, 2.05) is 0 Å². The number of nitrogens with zero attached hydrogens (tertiary/aromatic N) is 2. The van der Waals surface area contributed by atoms with Crippen molar-refractivity contribution in [1.29, 1.82) is 0 Å². The standard InChI is InChI=1S/C10H9N3O4S/c14-7(3-4-8(15)16)11-10-13-12-9(18-10)6-2-1-5-17-6/h1-2,5H,3-4H2,(H,15,16)(H,11,13,14)/p-1. The van der Waals surface area contributed by atoms with Crippen LogP contribution in [0.25, 0.3) is 10.8 Å². The quantitative estimate of drug-likeness (QED) is 0.831. The molecule has 0 fully saturated rings. The van der Waals surface area contributed by atoms with E-state index in [0.717, 1.165) is 11.3 Å². The van der Waals surface area contributed by atoms with Crippen molar-refractivity contribution in [1.82, 2.24) is 10.2 Å². The van der Waals surface area contributed by atoms with Gasteiger partial charge in [-0.05, 0) is 18.6 Å². The number of furan rings is 1. The van der Waals surface area contributed by atoms with E-state index in [9.17, 15) is 14.7 Å². The van der Waals surface area contributed by atoms with E-state index in [1.54, 1.807) is 12.1 Å². The zero-order valence-corrected chi connectivity index (χ0v) is 9.90. The number of rotatable bonds is 5. The first-order valence-electron chi connectivity index (χ1n) is 5.02. The van der Waals surface area contributed by atoms with Gasteiger partial charge in [0.25, 0.3) is 0 Å². The summed E-state index contributed by atoms with van der Waals surface area (Å²) in [5.74, 6) is -1.15. The number of hydrogen-bond donors (Lipinski definition) is 1. The van der Waals surface area contributed by atoms with Crippen molar-refractivity contribution in [2.24, 2.45) is 0 Å². The maximum absolute atomic E-state index is 11.3. The van der Waals surface area contributed by atoms with Gasteiger partial charge in [-0.15, -0.1) is 10.2 Å². The van der Waals surface area contributed by atoms with E-state index in [-0.39, 0.29) is 12.8 Å². The predicted octanol–water partition coefficient (Wildman–Crippen LogP) is 0.267. The second-order valence-corrected chi connectivity index (χ2v) is 4.29. The van der Waals surface area contributed by atoms with Crippen LogP contribution in [-0.2, 0) is 9.59 Å². The van der Waals surface area contributed by atoms with Crippen molar-refractivity contribution in [3.05, 3.63) is 18.4 Å². The molecule has 18 heavy (non-hydrogen) atoms. The molecule has 94 valence electrons. The predicted molar refractivity (Wildman–Crippen MR) is 60.5 cm³/mol. The highest BCUT2D eigenvalue weighted by molar-refractivity contribution is 7.18. The third-order valence-electron chi connectivity index (χ3n) is 1.96. The Morgan fingerprint density at radius 3 is 2.89 bits per heavy atom. The number of hydrogen-bond acceptors (Lipinski definition) is 7. The van der Waals surface area contributed by atoms with Crippen LogP contribution in [0.4, 0.5) is 5.13 Å². The van der Waals surface area contributed by atoms with Gasteiger partial charge in [0, 0.05) is 12.4 Å². The van der Waals surface area contributed by atoms with Crippen LogP contribution in [0.2, 0.25) is 0 Å². The summed E-state index contributed by atoms with van der Waals surface area (Å²) in [4.78, 5) is 21.5. The second kappa shape index (κ2) is 5.41. The summed E-state index contributed by atoms with van der Waals surface area (Å²) in [7, 11) is 0. The highest BCUT2D eigenvalue weighted by Gasteiger charge is 2.11. The first-order chi connectivity index (χ1) is 8.65. The molecule has 0 saturated carbocycles. The molecular weight excluding hydrogens is 258 g/mol. The van der Waals surface area contributed by atoms with Gasteiger partial charge in [0.2, 0.25) is 11.0 Å². The van der Waals surface area contributed by atoms with Crippen LogP contribution in [0.1, 0.15) is 12.8 Å². The minimum Gasteiger partial charge on any atom is -0.550 e. The number of aromatic nitrogens is 2. The number of amides is 1. The van der Waals surface area contributed by atoms with Crippen molar-refractivity contribution in [3.8, 4) is 10.8 Å². The normalized spacial score (nSPS) is 10.2. The summed E-state index contributed by atoms with van der Waals surface area (Å²) < 4.78 is 5.13. The number of carbonyl (C=O) groups excluding carboxylic acids is 2. The molecule has 0 unspecified atom stereocenters. The molecule has 0 spiro atoms. The smallest absolute Gasteiger partial charge is 0.226 e. The van der Waals surface area contributed by atoms with Crippen molar-refractivity contribution in [2.45, 2.75) is 12.8 Å². The van der Waals surface area contributed by atoms with Crippen LogP contribution in [0.3, 0.4) is 0 Å². The van der Waals surface area contributed by atoms with Gasteiger partial charge in [0.1, 0.15) is 0 Å². The lowest BCUT2D eigenvalue weighted by Gasteiger charge is -2.01. The number of carboxylic acids is 1. The fraction of sp³-hybridized carbons (Fsp3) is 0.200. The number of carboxylic acid groups (broad SMARTS) is 1. The molecule has 0 aliphatic heterocycles. The maximum Gasteiger partial charge on any atom is 0.226 e. The molecular formula is C10H8N3O4S-. The van der Waals surface area contributed by atoms with Crippen LogP contribution in [0, 0.1) is 0 Å². The van der Waals surface area contributed by atoms with Gasteiger partial charge in [0.05, 0.1) is 6.26 Å². The fourth-order valence-electron chi connectivity index (χ4n) is 1.17. The van der Waals surface area contributed by atoms with Gasteiger partial charge in [-0.3, -0.25) is 4.79 Å². The molecule has 0 aliphatic rings. The summed E-state index contributed by atoms with van der Waals surface area (Å²) in [5.41, 5.74) is 0. The lowest BCUT2D eigenvalue weighted by atomic mass is 10.3. The van der Waals surface area contributed by atoms with Crippen LogP contribution < -0.4 is 10.4 Å². The number of anilines is 1. The van der Waals surface area contributed by atoms with Gasteiger partial charge in [-0.25, -0.2) is 0 Å². The Morgan fingerprint density at radius 1 is 1.39 bits per heavy atom. The Hall–Kier alpha value is -2.22. The van der Waals surface area contributed by atoms with E-state index in [1.165, 1.54) is 6.26 Å². The molecule has 8 heteroatoms. The van der Waals surface area contributed by atoms with E-state index in [4.69, 9.17) is 4.42 Å². The van der Waals surface area contributed by atoms with Gasteiger partial charge in [-0.2, -0.15) is 0 Å². The maximum atomic E-state index is 11.3. The first kappa shape index (κ1) is 12.2. The minimum atomic E-state index is -1.27. The van der Waals surface area contributed by atoms with Crippen LogP contribution in [0.15, 0.2) is 22.8 Å². The van der Waals surface area contributed by atoms with Crippen LogP contribution in [-0.4, -0.2) is 22.1 Å². The molecule has 0 aliphatic carbocycles. The summed E-state index contributed by atoms with van der Waals surface area (Å²) in [5, 5.41) is 21.1. The third-order valence-corrected chi connectivity index (χ3v) is 2.81. The van der Waals surface area contributed by atoms with E-state index in [0.29, 0.717) is 15.9 Å². The molecule has 7 nitrogen and oxygen atoms in total. The Morgan fingerprint density at radius 2 is 2.22 bits per heavy atom. The summed E-state index contributed by atoms with van der Waals surface area (Å²) in [6.07, 6.45) is 1.03. The van der Waals surface area contributed by atoms with E-state index in [2.05, 4.69) is 15.5 Å². The van der Waals surface area contributed by atoms with Gasteiger partial charge in [0.15, 0.2) is 10.8 Å². The molecule has 0 radical (unpaired) electrons. The summed E-state index contributed by atoms with van der Waals surface area (Å²) in [6, 6.07) is 3.44. The average molecular weight is 266 g/mol. The van der Waals surface area contributed by atoms with Crippen molar-refractivity contribution in [2.75, 3.05) is 5.32 Å². The summed E-state index contributed by atoms with van der Waals surface area (Å²) in [6.45, 7) is 0. The van der Waals surface area contributed by atoms with Crippen molar-refractivity contribution >= 4 is 28.3 Å². The van der Waals surface area contributed by atoms with Crippen LogP contribution >= 0.6 is 11.3 Å². The number of nitrogens with one attached hydrogen (secondary N) is 1.